The second kappa shape index (κ2) is 4.72. The van der Waals surface area contributed by atoms with Gasteiger partial charge in [0.05, 0.1) is 0 Å². The lowest BCUT2D eigenvalue weighted by atomic mass is 9.45. The highest BCUT2D eigenvalue weighted by atomic mass is 16.1. The molecule has 0 amide bonds. The smallest absolute Gasteiger partial charge is 0.124 e. The van der Waals surface area contributed by atoms with Crippen LogP contribution in [0.15, 0.2) is 5.57 Å². The van der Waals surface area contributed by atoms with Gasteiger partial charge in [0.2, 0.25) is 0 Å². The van der Waals surface area contributed by atoms with Crippen molar-refractivity contribution in [3.05, 3.63) is 5.57 Å². The number of rotatable bonds is 0. The molecule has 6 atom stereocenters. The molecule has 0 aromatic rings. The Labute approximate surface area is 129 Å². The molecule has 0 aromatic carbocycles. The molecule has 116 valence electrons. The lowest BCUT2D eigenvalue weighted by molar-refractivity contribution is -0.0971. The highest BCUT2D eigenvalue weighted by Crippen LogP contribution is 2.66. The molecular formula is C20H30O. The zero-order chi connectivity index (χ0) is 14.7. The van der Waals surface area contributed by atoms with Gasteiger partial charge in [0.1, 0.15) is 5.94 Å². The first-order valence-electron chi connectivity index (χ1n) is 9.34. The van der Waals surface area contributed by atoms with Crippen LogP contribution in [-0.4, -0.2) is 5.94 Å². The molecule has 0 saturated heterocycles. The van der Waals surface area contributed by atoms with Crippen molar-refractivity contribution in [2.45, 2.75) is 78.1 Å². The fourth-order valence-corrected chi connectivity index (χ4v) is 7.28. The quantitative estimate of drug-likeness (QED) is 0.561. The summed E-state index contributed by atoms with van der Waals surface area (Å²) in [5, 5.41) is 0. The molecule has 0 aliphatic heterocycles. The van der Waals surface area contributed by atoms with Crippen LogP contribution in [0.2, 0.25) is 0 Å². The van der Waals surface area contributed by atoms with Crippen molar-refractivity contribution >= 4 is 5.94 Å². The average molecular weight is 286 g/mol. The van der Waals surface area contributed by atoms with Gasteiger partial charge >= 0.3 is 0 Å². The van der Waals surface area contributed by atoms with Gasteiger partial charge in [0, 0.05) is 11.0 Å². The average Bonchev–Trinajstić information content (AvgIpc) is 2.83. The Hall–Kier alpha value is -0.550. The minimum absolute atomic E-state index is 0.209. The molecule has 1 nitrogen and oxygen atoms in total. The monoisotopic (exact) mass is 286 g/mol. The van der Waals surface area contributed by atoms with Crippen LogP contribution in [0.3, 0.4) is 0 Å². The van der Waals surface area contributed by atoms with E-state index in [-0.39, 0.29) is 5.41 Å². The molecule has 4 aliphatic carbocycles. The van der Waals surface area contributed by atoms with Crippen LogP contribution in [0.5, 0.6) is 0 Å². The Morgan fingerprint density at radius 3 is 2.62 bits per heavy atom. The minimum atomic E-state index is 0.209. The van der Waals surface area contributed by atoms with Gasteiger partial charge in [-0.1, -0.05) is 26.7 Å². The summed E-state index contributed by atoms with van der Waals surface area (Å²) < 4.78 is 0. The van der Waals surface area contributed by atoms with Gasteiger partial charge in [-0.3, -0.25) is 0 Å². The predicted molar refractivity (Wildman–Crippen MR) is 85.6 cm³/mol. The molecule has 0 heterocycles. The first kappa shape index (κ1) is 14.1. The maximum Gasteiger partial charge on any atom is 0.124 e. The molecule has 4 fully saturated rings. The third-order valence-electron chi connectivity index (χ3n) is 8.49. The van der Waals surface area contributed by atoms with Crippen molar-refractivity contribution < 1.29 is 4.79 Å². The van der Waals surface area contributed by atoms with Gasteiger partial charge in [0.15, 0.2) is 0 Å². The zero-order valence-corrected chi connectivity index (χ0v) is 13.8. The van der Waals surface area contributed by atoms with Crippen LogP contribution in [0.4, 0.5) is 0 Å². The van der Waals surface area contributed by atoms with Crippen molar-refractivity contribution in [1.29, 1.82) is 0 Å². The third kappa shape index (κ3) is 1.79. The fraction of sp³-hybridized carbons (Fsp3) is 0.900. The molecule has 4 aliphatic rings. The van der Waals surface area contributed by atoms with Gasteiger partial charge in [-0.15, -0.1) is 0 Å². The number of allylic oxidation sites excluding steroid dienone is 1. The summed E-state index contributed by atoms with van der Waals surface area (Å²) in [6, 6.07) is 0. The van der Waals surface area contributed by atoms with E-state index < -0.39 is 0 Å². The maximum absolute atomic E-state index is 11.4. The number of hydrogen-bond donors (Lipinski definition) is 0. The van der Waals surface area contributed by atoms with E-state index in [0.29, 0.717) is 5.41 Å². The number of carbonyl (C=O) groups excluding carboxylic acids is 1. The van der Waals surface area contributed by atoms with Gasteiger partial charge in [0.25, 0.3) is 0 Å². The highest BCUT2D eigenvalue weighted by Gasteiger charge is 2.58. The van der Waals surface area contributed by atoms with Crippen LogP contribution >= 0.6 is 0 Å². The van der Waals surface area contributed by atoms with Crippen LogP contribution in [0.1, 0.15) is 78.1 Å². The SMILES string of the molecule is C[C@]12CCCCC1CC[C@@H]1[C@@H]2CC[C@]2(C)C(=C=O)CC[C@@H]12. The normalized spacial score (nSPS) is 52.6. The van der Waals surface area contributed by atoms with Gasteiger partial charge < -0.3 is 0 Å². The molecule has 0 spiro atoms. The van der Waals surface area contributed by atoms with E-state index in [0.717, 1.165) is 35.7 Å². The molecule has 21 heavy (non-hydrogen) atoms. The molecule has 4 rings (SSSR count). The predicted octanol–water partition coefficient (Wildman–Crippen LogP) is 5.18. The van der Waals surface area contributed by atoms with Crippen molar-refractivity contribution in [2.24, 2.45) is 34.5 Å². The van der Waals surface area contributed by atoms with Crippen LogP contribution in [-0.2, 0) is 4.79 Å². The second-order valence-corrected chi connectivity index (χ2v) is 8.98. The number of fused-ring (bicyclic) bond motifs is 5. The Balaban J connectivity index is 1.67. The maximum atomic E-state index is 11.4. The van der Waals surface area contributed by atoms with Gasteiger partial charge in [-0.2, -0.15) is 0 Å². The molecule has 1 heteroatoms. The van der Waals surface area contributed by atoms with Gasteiger partial charge in [-0.05, 0) is 80.5 Å². The molecule has 0 radical (unpaired) electrons. The largest absolute Gasteiger partial charge is 0.234 e. The lowest BCUT2D eigenvalue weighted by Crippen LogP contribution is -2.52. The molecule has 0 aromatic heterocycles. The highest BCUT2D eigenvalue weighted by molar-refractivity contribution is 5.56. The summed E-state index contributed by atoms with van der Waals surface area (Å²) in [7, 11) is 0. The molecule has 4 saturated carbocycles. The van der Waals surface area contributed by atoms with E-state index >= 15 is 0 Å². The van der Waals surface area contributed by atoms with Crippen LogP contribution in [0.25, 0.3) is 0 Å². The molecule has 0 bridgehead atoms. The zero-order valence-electron chi connectivity index (χ0n) is 13.8. The topological polar surface area (TPSA) is 17.1 Å². The van der Waals surface area contributed by atoms with E-state index in [1.54, 1.807) is 0 Å². The van der Waals surface area contributed by atoms with Crippen molar-refractivity contribution in [2.75, 3.05) is 0 Å². The summed E-state index contributed by atoms with van der Waals surface area (Å²) >= 11 is 0. The summed E-state index contributed by atoms with van der Waals surface area (Å²) in [6.07, 6.45) is 13.7. The summed E-state index contributed by atoms with van der Waals surface area (Å²) in [4.78, 5) is 11.4. The first-order chi connectivity index (χ1) is 10.1. The Morgan fingerprint density at radius 1 is 0.952 bits per heavy atom. The van der Waals surface area contributed by atoms with E-state index in [2.05, 4.69) is 19.8 Å². The molecule has 0 N–H and O–H groups in total. The van der Waals surface area contributed by atoms with Crippen molar-refractivity contribution in [3.63, 3.8) is 0 Å². The van der Waals surface area contributed by atoms with Crippen molar-refractivity contribution in [1.82, 2.24) is 0 Å². The number of hydrogen-bond acceptors (Lipinski definition) is 1. The summed E-state index contributed by atoms with van der Waals surface area (Å²) in [5.74, 6) is 5.96. The minimum Gasteiger partial charge on any atom is -0.234 e. The lowest BCUT2D eigenvalue weighted by Gasteiger charge is -2.59. The van der Waals surface area contributed by atoms with Crippen molar-refractivity contribution in [3.8, 4) is 0 Å². The van der Waals surface area contributed by atoms with Crippen LogP contribution in [0, 0.1) is 34.5 Å². The summed E-state index contributed by atoms with van der Waals surface area (Å²) in [6.45, 7) is 5.01. The molecule has 1 unspecified atom stereocenters. The standard InChI is InChI=1S/C20H30O/c1-19-11-4-3-5-14(19)6-8-16-17-9-7-15(13-21)20(17,2)12-10-18(16)19/h14,16-18H,3-12H2,1-2H3/t14?,16-,17-,18-,19-,20+/m0/s1. The van der Waals surface area contributed by atoms with E-state index in [4.69, 9.17) is 0 Å². The summed E-state index contributed by atoms with van der Waals surface area (Å²) in [5.41, 5.74) is 1.96. The third-order valence-corrected chi connectivity index (χ3v) is 8.49. The molecular weight excluding hydrogens is 256 g/mol. The van der Waals surface area contributed by atoms with E-state index in [1.165, 1.54) is 57.8 Å². The van der Waals surface area contributed by atoms with E-state index in [9.17, 15) is 4.79 Å². The van der Waals surface area contributed by atoms with Crippen LogP contribution < -0.4 is 0 Å². The first-order valence-corrected chi connectivity index (χ1v) is 9.34. The Morgan fingerprint density at radius 2 is 1.81 bits per heavy atom. The Bertz CT molecular complexity index is 488. The van der Waals surface area contributed by atoms with E-state index in [1.807, 2.05) is 0 Å². The fourth-order valence-electron chi connectivity index (χ4n) is 7.28. The Kier molecular flexibility index (Phi) is 3.16. The van der Waals surface area contributed by atoms with Gasteiger partial charge in [-0.25, -0.2) is 4.79 Å². The second-order valence-electron chi connectivity index (χ2n) is 8.98.